The fourth-order valence-electron chi connectivity index (χ4n) is 1.15. The Labute approximate surface area is 86.2 Å². The summed E-state index contributed by atoms with van der Waals surface area (Å²) in [5.74, 6) is 0.0256. The van der Waals surface area contributed by atoms with Gasteiger partial charge in [-0.05, 0) is 17.7 Å². The second-order valence-electron chi connectivity index (χ2n) is 2.92. The first-order valence-corrected chi connectivity index (χ1v) is 4.35. The van der Waals surface area contributed by atoms with Crippen LogP contribution < -0.4 is 4.74 Å². The Morgan fingerprint density at radius 2 is 2.13 bits per heavy atom. The Hall–Kier alpha value is -1.20. The number of benzene rings is 1. The smallest absolute Gasteiger partial charge is 0.387 e. The molecule has 0 aliphatic heterocycles. The molecular weight excluding hydrogens is 206 g/mol. The van der Waals surface area contributed by atoms with Gasteiger partial charge < -0.3 is 14.6 Å². The molecule has 0 saturated carbocycles. The fourth-order valence-corrected chi connectivity index (χ4v) is 1.15. The van der Waals surface area contributed by atoms with Gasteiger partial charge in [0, 0.05) is 7.11 Å². The predicted octanol–water partition coefficient (Wildman–Crippen LogP) is 1.97. The molecule has 1 unspecified atom stereocenters. The zero-order valence-corrected chi connectivity index (χ0v) is 8.19. The Morgan fingerprint density at radius 1 is 1.40 bits per heavy atom. The standard InChI is InChI=1S/C10H12F2O3/c1-14-6-9(13)7-3-2-4-8(5-7)15-10(11)12/h2-5,9-10,13H,6H2,1H3. The van der Waals surface area contributed by atoms with Gasteiger partial charge >= 0.3 is 6.61 Å². The second kappa shape index (κ2) is 5.63. The van der Waals surface area contributed by atoms with E-state index in [0.717, 1.165) is 0 Å². The van der Waals surface area contributed by atoms with Crippen LogP contribution in [0.3, 0.4) is 0 Å². The van der Waals surface area contributed by atoms with Gasteiger partial charge in [-0.2, -0.15) is 8.78 Å². The first kappa shape index (κ1) is 11.9. The van der Waals surface area contributed by atoms with E-state index in [4.69, 9.17) is 4.74 Å². The molecule has 0 aliphatic rings. The number of hydrogen-bond acceptors (Lipinski definition) is 3. The SMILES string of the molecule is COCC(O)c1cccc(OC(F)F)c1. The maximum absolute atomic E-state index is 11.9. The van der Waals surface area contributed by atoms with Crippen molar-refractivity contribution in [1.29, 1.82) is 0 Å². The van der Waals surface area contributed by atoms with Crippen molar-refractivity contribution in [2.24, 2.45) is 0 Å². The number of alkyl halides is 2. The van der Waals surface area contributed by atoms with Gasteiger partial charge in [-0.25, -0.2) is 0 Å². The molecule has 0 radical (unpaired) electrons. The van der Waals surface area contributed by atoms with Gasteiger partial charge in [0.2, 0.25) is 0 Å². The van der Waals surface area contributed by atoms with E-state index in [1.807, 2.05) is 0 Å². The summed E-state index contributed by atoms with van der Waals surface area (Å²) in [4.78, 5) is 0. The third-order valence-corrected chi connectivity index (χ3v) is 1.79. The lowest BCUT2D eigenvalue weighted by molar-refractivity contribution is -0.0500. The van der Waals surface area contributed by atoms with Crippen molar-refractivity contribution in [3.63, 3.8) is 0 Å². The van der Waals surface area contributed by atoms with Crippen molar-refractivity contribution >= 4 is 0 Å². The molecule has 0 saturated heterocycles. The molecule has 0 spiro atoms. The highest BCUT2D eigenvalue weighted by Crippen LogP contribution is 2.20. The van der Waals surface area contributed by atoms with E-state index >= 15 is 0 Å². The van der Waals surface area contributed by atoms with Crippen LogP contribution >= 0.6 is 0 Å². The van der Waals surface area contributed by atoms with E-state index in [1.165, 1.54) is 25.3 Å². The van der Waals surface area contributed by atoms with E-state index in [2.05, 4.69) is 4.74 Å². The normalized spacial score (nSPS) is 12.9. The molecule has 0 heterocycles. The summed E-state index contributed by atoms with van der Waals surface area (Å²) in [7, 11) is 1.45. The number of halogens is 2. The van der Waals surface area contributed by atoms with Gasteiger partial charge in [-0.15, -0.1) is 0 Å². The van der Waals surface area contributed by atoms with Crippen LogP contribution in [0.25, 0.3) is 0 Å². The number of aliphatic hydroxyl groups excluding tert-OH is 1. The van der Waals surface area contributed by atoms with Crippen LogP contribution in [-0.2, 0) is 4.74 Å². The lowest BCUT2D eigenvalue weighted by Gasteiger charge is -2.11. The molecule has 15 heavy (non-hydrogen) atoms. The van der Waals surface area contributed by atoms with Gasteiger partial charge in [0.05, 0.1) is 6.61 Å². The Bertz CT molecular complexity index is 304. The molecule has 0 fully saturated rings. The van der Waals surface area contributed by atoms with Crippen molar-refractivity contribution in [3.05, 3.63) is 29.8 Å². The minimum absolute atomic E-state index is 0.0256. The summed E-state index contributed by atoms with van der Waals surface area (Å²) in [6.07, 6.45) is -0.837. The van der Waals surface area contributed by atoms with Gasteiger partial charge in [-0.1, -0.05) is 12.1 Å². The van der Waals surface area contributed by atoms with Crippen molar-refractivity contribution in [2.75, 3.05) is 13.7 Å². The lowest BCUT2D eigenvalue weighted by atomic mass is 10.1. The molecule has 0 aliphatic carbocycles. The third kappa shape index (κ3) is 3.81. The Kier molecular flexibility index (Phi) is 4.45. The zero-order valence-electron chi connectivity index (χ0n) is 8.19. The lowest BCUT2D eigenvalue weighted by Crippen LogP contribution is -2.06. The quantitative estimate of drug-likeness (QED) is 0.821. The van der Waals surface area contributed by atoms with Gasteiger partial charge in [0.15, 0.2) is 0 Å². The van der Waals surface area contributed by atoms with Gasteiger partial charge in [0.25, 0.3) is 0 Å². The maximum atomic E-state index is 11.9. The predicted molar refractivity (Wildman–Crippen MR) is 49.9 cm³/mol. The van der Waals surface area contributed by atoms with Crippen molar-refractivity contribution in [1.82, 2.24) is 0 Å². The minimum Gasteiger partial charge on any atom is -0.435 e. The molecule has 5 heteroatoms. The number of rotatable bonds is 5. The molecular formula is C10H12F2O3. The van der Waals surface area contributed by atoms with Crippen LogP contribution in [0.1, 0.15) is 11.7 Å². The number of ether oxygens (including phenoxy) is 2. The molecule has 0 bridgehead atoms. The molecule has 84 valence electrons. The average molecular weight is 218 g/mol. The summed E-state index contributed by atoms with van der Waals surface area (Å²) in [5, 5.41) is 9.51. The zero-order chi connectivity index (χ0) is 11.3. The van der Waals surface area contributed by atoms with E-state index < -0.39 is 12.7 Å². The summed E-state index contributed by atoms with van der Waals surface area (Å²) in [6.45, 7) is -2.75. The van der Waals surface area contributed by atoms with Gasteiger partial charge in [0.1, 0.15) is 11.9 Å². The third-order valence-electron chi connectivity index (χ3n) is 1.79. The van der Waals surface area contributed by atoms with Crippen LogP contribution in [0.2, 0.25) is 0 Å². The topological polar surface area (TPSA) is 38.7 Å². The Balaban J connectivity index is 2.73. The van der Waals surface area contributed by atoms with E-state index in [1.54, 1.807) is 6.07 Å². The van der Waals surface area contributed by atoms with Gasteiger partial charge in [-0.3, -0.25) is 0 Å². The number of methoxy groups -OCH3 is 1. The van der Waals surface area contributed by atoms with Crippen LogP contribution in [0.5, 0.6) is 5.75 Å². The number of hydrogen-bond donors (Lipinski definition) is 1. The largest absolute Gasteiger partial charge is 0.435 e. The summed E-state index contributed by atoms with van der Waals surface area (Å²) < 4.78 is 32.7. The van der Waals surface area contributed by atoms with Crippen molar-refractivity contribution < 1.29 is 23.4 Å². The minimum atomic E-state index is -2.86. The van der Waals surface area contributed by atoms with Crippen molar-refractivity contribution in [2.45, 2.75) is 12.7 Å². The molecule has 0 aromatic heterocycles. The Morgan fingerprint density at radius 3 is 2.73 bits per heavy atom. The molecule has 0 amide bonds. The van der Waals surface area contributed by atoms with E-state index in [9.17, 15) is 13.9 Å². The molecule has 3 nitrogen and oxygen atoms in total. The summed E-state index contributed by atoms with van der Waals surface area (Å²) in [6, 6.07) is 5.90. The average Bonchev–Trinajstić information content (AvgIpc) is 2.17. The van der Waals surface area contributed by atoms with Crippen LogP contribution in [0, 0.1) is 0 Å². The highest BCUT2D eigenvalue weighted by atomic mass is 19.3. The molecule has 1 rings (SSSR count). The summed E-state index contributed by atoms with van der Waals surface area (Å²) in [5.41, 5.74) is 0.481. The molecule has 1 N–H and O–H groups in total. The maximum Gasteiger partial charge on any atom is 0.387 e. The van der Waals surface area contributed by atoms with E-state index in [-0.39, 0.29) is 12.4 Å². The van der Waals surface area contributed by atoms with Crippen LogP contribution in [-0.4, -0.2) is 25.4 Å². The fraction of sp³-hybridized carbons (Fsp3) is 0.400. The second-order valence-corrected chi connectivity index (χ2v) is 2.92. The highest BCUT2D eigenvalue weighted by molar-refractivity contribution is 5.29. The van der Waals surface area contributed by atoms with E-state index in [0.29, 0.717) is 5.56 Å². The number of aliphatic hydroxyl groups is 1. The highest BCUT2D eigenvalue weighted by Gasteiger charge is 2.09. The summed E-state index contributed by atoms with van der Waals surface area (Å²) >= 11 is 0. The molecule has 1 atom stereocenters. The monoisotopic (exact) mass is 218 g/mol. The van der Waals surface area contributed by atoms with Crippen LogP contribution in [0.4, 0.5) is 8.78 Å². The van der Waals surface area contributed by atoms with Crippen molar-refractivity contribution in [3.8, 4) is 5.75 Å². The molecule has 1 aromatic carbocycles. The van der Waals surface area contributed by atoms with Crippen LogP contribution in [0.15, 0.2) is 24.3 Å². The first-order chi connectivity index (χ1) is 7.13. The molecule has 1 aromatic rings. The first-order valence-electron chi connectivity index (χ1n) is 4.35.